The van der Waals surface area contributed by atoms with Crippen LogP contribution < -0.4 is 5.73 Å². The first-order valence-electron chi connectivity index (χ1n) is 5.80. The number of ether oxygens (including phenoxy) is 2. The van der Waals surface area contributed by atoms with Crippen molar-refractivity contribution < 1.29 is 14.3 Å². The molecular formula is C13H17NO3. The number of esters is 1. The van der Waals surface area contributed by atoms with Gasteiger partial charge in [0.25, 0.3) is 0 Å². The summed E-state index contributed by atoms with van der Waals surface area (Å²) >= 11 is 0. The van der Waals surface area contributed by atoms with Gasteiger partial charge in [0.2, 0.25) is 0 Å². The predicted octanol–water partition coefficient (Wildman–Crippen LogP) is 1.49. The van der Waals surface area contributed by atoms with Crippen molar-refractivity contribution in [3.63, 3.8) is 0 Å². The van der Waals surface area contributed by atoms with Crippen LogP contribution >= 0.6 is 0 Å². The van der Waals surface area contributed by atoms with Gasteiger partial charge >= 0.3 is 5.97 Å². The van der Waals surface area contributed by atoms with E-state index < -0.39 is 5.41 Å². The van der Waals surface area contributed by atoms with E-state index in [4.69, 9.17) is 15.2 Å². The van der Waals surface area contributed by atoms with Gasteiger partial charge in [-0.1, -0.05) is 12.1 Å². The Morgan fingerprint density at radius 1 is 1.47 bits per heavy atom. The minimum absolute atomic E-state index is 0.206. The van der Waals surface area contributed by atoms with Gasteiger partial charge in [-0.2, -0.15) is 0 Å². The summed E-state index contributed by atoms with van der Waals surface area (Å²) in [4.78, 5) is 12.1. The lowest BCUT2D eigenvalue weighted by molar-refractivity contribution is -0.150. The molecule has 0 saturated carbocycles. The fraction of sp³-hybridized carbons (Fsp3) is 0.462. The number of carbonyl (C=O) groups excluding carboxylic acids is 1. The highest BCUT2D eigenvalue weighted by Gasteiger charge is 2.45. The quantitative estimate of drug-likeness (QED) is 0.637. The van der Waals surface area contributed by atoms with E-state index in [1.54, 1.807) is 12.1 Å². The Morgan fingerprint density at radius 2 is 2.18 bits per heavy atom. The molecule has 0 spiro atoms. The van der Waals surface area contributed by atoms with Gasteiger partial charge in [0.05, 0.1) is 13.2 Å². The van der Waals surface area contributed by atoms with Crippen molar-refractivity contribution in [3.8, 4) is 0 Å². The summed E-state index contributed by atoms with van der Waals surface area (Å²) in [7, 11) is 0. The number of hydrogen-bond acceptors (Lipinski definition) is 4. The van der Waals surface area contributed by atoms with Crippen LogP contribution in [0.15, 0.2) is 24.3 Å². The van der Waals surface area contributed by atoms with Crippen LogP contribution in [0.3, 0.4) is 0 Å². The zero-order valence-electron chi connectivity index (χ0n) is 9.94. The van der Waals surface area contributed by atoms with E-state index in [2.05, 4.69) is 0 Å². The van der Waals surface area contributed by atoms with E-state index in [0.29, 0.717) is 31.9 Å². The van der Waals surface area contributed by atoms with Crippen molar-refractivity contribution in [2.24, 2.45) is 0 Å². The van der Waals surface area contributed by atoms with Gasteiger partial charge in [-0.25, -0.2) is 0 Å². The molecule has 0 aliphatic carbocycles. The second-order valence-corrected chi connectivity index (χ2v) is 4.23. The highest BCUT2D eigenvalue weighted by atomic mass is 16.5. The van der Waals surface area contributed by atoms with Gasteiger partial charge < -0.3 is 15.2 Å². The molecule has 0 aromatic heterocycles. The smallest absolute Gasteiger partial charge is 0.319 e. The fourth-order valence-corrected chi connectivity index (χ4v) is 2.14. The van der Waals surface area contributed by atoms with Crippen molar-refractivity contribution >= 4 is 11.7 Å². The van der Waals surface area contributed by atoms with Crippen LogP contribution in [0.5, 0.6) is 0 Å². The van der Waals surface area contributed by atoms with Crippen LogP contribution in [-0.2, 0) is 19.7 Å². The molecule has 1 aromatic carbocycles. The van der Waals surface area contributed by atoms with E-state index in [0.717, 1.165) is 5.56 Å². The molecule has 0 radical (unpaired) electrons. The van der Waals surface area contributed by atoms with Gasteiger partial charge in [0.1, 0.15) is 5.41 Å². The molecule has 17 heavy (non-hydrogen) atoms. The molecule has 2 rings (SSSR count). The van der Waals surface area contributed by atoms with Gasteiger partial charge in [0, 0.05) is 12.3 Å². The highest BCUT2D eigenvalue weighted by molar-refractivity contribution is 5.84. The molecule has 4 nitrogen and oxygen atoms in total. The maximum atomic E-state index is 12.1. The van der Waals surface area contributed by atoms with Crippen molar-refractivity contribution in [1.29, 1.82) is 0 Å². The molecule has 1 unspecified atom stereocenters. The summed E-state index contributed by atoms with van der Waals surface area (Å²) in [6.07, 6.45) is 0.662. The third-order valence-corrected chi connectivity index (χ3v) is 3.15. The second kappa shape index (κ2) is 4.75. The Hall–Kier alpha value is -1.55. The van der Waals surface area contributed by atoms with Crippen LogP contribution in [0.25, 0.3) is 0 Å². The third kappa shape index (κ3) is 2.13. The first kappa shape index (κ1) is 11.9. The summed E-state index contributed by atoms with van der Waals surface area (Å²) in [5.74, 6) is -0.206. The SMILES string of the molecule is CCOC(=O)C1(c2ccc(N)cc2)CCOC1. The number of rotatable bonds is 3. The van der Waals surface area contributed by atoms with Gasteiger partial charge in [-0.15, -0.1) is 0 Å². The summed E-state index contributed by atoms with van der Waals surface area (Å²) in [5, 5.41) is 0. The van der Waals surface area contributed by atoms with Crippen LogP contribution in [0.2, 0.25) is 0 Å². The number of carbonyl (C=O) groups is 1. The number of benzene rings is 1. The zero-order chi connectivity index (χ0) is 12.3. The lowest BCUT2D eigenvalue weighted by Gasteiger charge is -2.25. The normalized spacial score (nSPS) is 23.6. The summed E-state index contributed by atoms with van der Waals surface area (Å²) < 4.78 is 10.5. The van der Waals surface area contributed by atoms with E-state index in [1.807, 2.05) is 19.1 Å². The predicted molar refractivity (Wildman–Crippen MR) is 64.6 cm³/mol. The van der Waals surface area contributed by atoms with E-state index in [9.17, 15) is 4.79 Å². The van der Waals surface area contributed by atoms with Gasteiger partial charge in [0.15, 0.2) is 0 Å². The molecule has 0 bridgehead atoms. The molecule has 1 aliphatic rings. The minimum atomic E-state index is -0.649. The van der Waals surface area contributed by atoms with Crippen LogP contribution in [0.1, 0.15) is 18.9 Å². The Labute approximate surface area is 101 Å². The van der Waals surface area contributed by atoms with Crippen molar-refractivity contribution in [2.75, 3.05) is 25.6 Å². The first-order valence-corrected chi connectivity index (χ1v) is 5.80. The molecule has 1 aliphatic heterocycles. The Bertz CT molecular complexity index is 394. The van der Waals surface area contributed by atoms with E-state index in [-0.39, 0.29) is 5.97 Å². The third-order valence-electron chi connectivity index (χ3n) is 3.15. The lowest BCUT2D eigenvalue weighted by Crippen LogP contribution is -2.38. The van der Waals surface area contributed by atoms with Crippen LogP contribution in [-0.4, -0.2) is 25.8 Å². The molecule has 0 amide bonds. The van der Waals surface area contributed by atoms with E-state index in [1.165, 1.54) is 0 Å². The Kier molecular flexibility index (Phi) is 3.33. The largest absolute Gasteiger partial charge is 0.465 e. The Balaban J connectivity index is 2.34. The molecule has 1 fully saturated rings. The average Bonchev–Trinajstić information content (AvgIpc) is 2.81. The molecule has 92 valence electrons. The molecule has 1 atom stereocenters. The topological polar surface area (TPSA) is 61.5 Å². The van der Waals surface area contributed by atoms with Crippen molar-refractivity contribution in [2.45, 2.75) is 18.8 Å². The molecule has 1 saturated heterocycles. The fourth-order valence-electron chi connectivity index (χ4n) is 2.14. The summed E-state index contributed by atoms with van der Waals surface area (Å²) in [6.45, 7) is 3.17. The zero-order valence-corrected chi connectivity index (χ0v) is 9.94. The van der Waals surface area contributed by atoms with Gasteiger partial charge in [-0.3, -0.25) is 4.79 Å². The first-order chi connectivity index (χ1) is 8.19. The maximum absolute atomic E-state index is 12.1. The Morgan fingerprint density at radius 3 is 2.71 bits per heavy atom. The average molecular weight is 235 g/mol. The maximum Gasteiger partial charge on any atom is 0.319 e. The van der Waals surface area contributed by atoms with Crippen molar-refractivity contribution in [3.05, 3.63) is 29.8 Å². The van der Waals surface area contributed by atoms with Crippen LogP contribution in [0.4, 0.5) is 5.69 Å². The number of anilines is 1. The van der Waals surface area contributed by atoms with Gasteiger partial charge in [-0.05, 0) is 31.0 Å². The lowest BCUT2D eigenvalue weighted by atomic mass is 9.80. The van der Waals surface area contributed by atoms with Crippen molar-refractivity contribution in [1.82, 2.24) is 0 Å². The number of hydrogen-bond donors (Lipinski definition) is 1. The van der Waals surface area contributed by atoms with E-state index >= 15 is 0 Å². The number of nitrogen functional groups attached to an aromatic ring is 1. The van der Waals surface area contributed by atoms with Crippen LogP contribution in [0, 0.1) is 0 Å². The number of nitrogens with two attached hydrogens (primary N) is 1. The minimum Gasteiger partial charge on any atom is -0.465 e. The molecule has 1 heterocycles. The molecule has 1 aromatic rings. The summed E-state index contributed by atoms with van der Waals surface area (Å²) in [5.41, 5.74) is 6.61. The standard InChI is InChI=1S/C13H17NO3/c1-2-17-12(15)13(7-8-16-9-13)10-3-5-11(14)6-4-10/h3-6H,2,7-9,14H2,1H3. The molecular weight excluding hydrogens is 218 g/mol. The summed E-state index contributed by atoms with van der Waals surface area (Å²) in [6, 6.07) is 7.35. The molecule has 2 N–H and O–H groups in total. The highest BCUT2D eigenvalue weighted by Crippen LogP contribution is 2.35. The second-order valence-electron chi connectivity index (χ2n) is 4.23. The molecule has 4 heteroatoms. The monoisotopic (exact) mass is 235 g/mol.